The van der Waals surface area contributed by atoms with Crippen LogP contribution in [0.2, 0.25) is 0 Å². The predicted octanol–water partition coefficient (Wildman–Crippen LogP) is 2.66. The molecule has 0 unspecified atom stereocenters. The smallest absolute Gasteiger partial charge is 0.254 e. The highest BCUT2D eigenvalue weighted by Crippen LogP contribution is 2.30. The Hall–Kier alpha value is -1.84. The molecular weight excluding hydrogens is 240 g/mol. The molecule has 1 N–H and O–H groups in total. The summed E-state index contributed by atoms with van der Waals surface area (Å²) in [7, 11) is 0. The van der Waals surface area contributed by atoms with Crippen molar-refractivity contribution in [3.8, 4) is 0 Å². The third-order valence-electron chi connectivity index (χ3n) is 3.18. The van der Waals surface area contributed by atoms with Crippen molar-refractivity contribution in [2.45, 2.75) is 45.7 Å². The van der Waals surface area contributed by atoms with Gasteiger partial charge in [0.05, 0.1) is 0 Å². The molecule has 4 nitrogen and oxygen atoms in total. The van der Waals surface area contributed by atoms with Gasteiger partial charge < -0.3 is 10.2 Å². The Morgan fingerprint density at radius 2 is 1.79 bits per heavy atom. The average molecular weight is 260 g/mol. The number of benzene rings is 1. The molecule has 4 heteroatoms. The van der Waals surface area contributed by atoms with E-state index in [2.05, 4.69) is 5.32 Å². The second-order valence-corrected chi connectivity index (χ2v) is 5.30. The average Bonchev–Trinajstić information content (AvgIpc) is 3.13. The first-order chi connectivity index (χ1) is 8.99. The molecule has 0 spiro atoms. The van der Waals surface area contributed by atoms with Crippen LogP contribution >= 0.6 is 0 Å². The zero-order valence-corrected chi connectivity index (χ0v) is 11.6. The van der Waals surface area contributed by atoms with Gasteiger partial charge in [0.1, 0.15) is 0 Å². The van der Waals surface area contributed by atoms with Crippen molar-refractivity contribution < 1.29 is 9.59 Å². The zero-order chi connectivity index (χ0) is 14.0. The largest absolute Gasteiger partial charge is 0.333 e. The van der Waals surface area contributed by atoms with Gasteiger partial charge in [0.15, 0.2) is 0 Å². The summed E-state index contributed by atoms with van der Waals surface area (Å²) < 4.78 is 0. The minimum absolute atomic E-state index is 0.0758. The van der Waals surface area contributed by atoms with Gasteiger partial charge in [0.2, 0.25) is 5.91 Å². The number of hydrogen-bond donors (Lipinski definition) is 1. The highest BCUT2D eigenvalue weighted by Gasteiger charge is 2.34. The molecule has 2 amide bonds. The summed E-state index contributed by atoms with van der Waals surface area (Å²) in [5, 5.41) is 2.69. The van der Waals surface area contributed by atoms with Gasteiger partial charge >= 0.3 is 0 Å². The Morgan fingerprint density at radius 3 is 2.21 bits per heavy atom. The number of nitrogens with one attached hydrogen (secondary N) is 1. The normalized spacial score (nSPS) is 14.3. The Labute approximate surface area is 113 Å². The van der Waals surface area contributed by atoms with Crippen molar-refractivity contribution in [2.75, 3.05) is 5.32 Å². The topological polar surface area (TPSA) is 49.4 Å². The maximum Gasteiger partial charge on any atom is 0.254 e. The molecule has 19 heavy (non-hydrogen) atoms. The van der Waals surface area contributed by atoms with E-state index in [0.717, 1.165) is 12.8 Å². The lowest BCUT2D eigenvalue weighted by Crippen LogP contribution is -2.38. The van der Waals surface area contributed by atoms with Gasteiger partial charge in [-0.25, -0.2) is 0 Å². The van der Waals surface area contributed by atoms with E-state index in [1.165, 1.54) is 6.92 Å². The lowest BCUT2D eigenvalue weighted by atomic mass is 10.1. The van der Waals surface area contributed by atoms with Gasteiger partial charge in [0, 0.05) is 30.3 Å². The molecular formula is C15H20N2O2. The van der Waals surface area contributed by atoms with Gasteiger partial charge in [0.25, 0.3) is 5.91 Å². The molecule has 0 radical (unpaired) electrons. The Balaban J connectivity index is 2.12. The number of anilines is 1. The molecule has 0 atom stereocenters. The minimum Gasteiger partial charge on any atom is -0.333 e. The van der Waals surface area contributed by atoms with E-state index >= 15 is 0 Å². The summed E-state index contributed by atoms with van der Waals surface area (Å²) in [6.07, 6.45) is 2.21. The highest BCUT2D eigenvalue weighted by atomic mass is 16.2. The van der Waals surface area contributed by atoms with Gasteiger partial charge in [-0.3, -0.25) is 9.59 Å². The van der Waals surface area contributed by atoms with Crippen molar-refractivity contribution in [2.24, 2.45) is 0 Å². The molecule has 1 aliphatic rings. The quantitative estimate of drug-likeness (QED) is 0.904. The molecule has 102 valence electrons. The summed E-state index contributed by atoms with van der Waals surface area (Å²) in [5.74, 6) is -0.0345. The molecule has 0 bridgehead atoms. The second kappa shape index (κ2) is 5.43. The van der Waals surface area contributed by atoms with Crippen LogP contribution in [-0.2, 0) is 4.79 Å². The Bertz CT molecular complexity index is 473. The van der Waals surface area contributed by atoms with Gasteiger partial charge in [-0.15, -0.1) is 0 Å². The lowest BCUT2D eigenvalue weighted by Gasteiger charge is -2.26. The number of carbonyl (C=O) groups is 2. The van der Waals surface area contributed by atoms with Crippen molar-refractivity contribution in [3.63, 3.8) is 0 Å². The van der Waals surface area contributed by atoms with Crippen LogP contribution in [-0.4, -0.2) is 28.8 Å². The van der Waals surface area contributed by atoms with E-state index in [4.69, 9.17) is 0 Å². The SMILES string of the molecule is CC(=O)Nc1ccc(C(=O)N(C(C)C)C2CC2)cc1. The zero-order valence-electron chi connectivity index (χ0n) is 11.6. The highest BCUT2D eigenvalue weighted by molar-refractivity contribution is 5.96. The minimum atomic E-state index is -0.110. The third kappa shape index (κ3) is 3.34. The van der Waals surface area contributed by atoms with Crippen molar-refractivity contribution >= 4 is 17.5 Å². The molecule has 0 saturated heterocycles. The van der Waals surface area contributed by atoms with Crippen molar-refractivity contribution in [1.29, 1.82) is 0 Å². The van der Waals surface area contributed by atoms with Crippen LogP contribution in [0.4, 0.5) is 5.69 Å². The van der Waals surface area contributed by atoms with E-state index in [1.807, 2.05) is 18.7 Å². The van der Waals surface area contributed by atoms with Crippen LogP contribution in [0.25, 0.3) is 0 Å². The Kier molecular flexibility index (Phi) is 3.88. The van der Waals surface area contributed by atoms with Gasteiger partial charge in [-0.05, 0) is 51.0 Å². The fourth-order valence-electron chi connectivity index (χ4n) is 2.22. The summed E-state index contributed by atoms with van der Waals surface area (Å²) in [5.41, 5.74) is 1.39. The molecule has 2 rings (SSSR count). The third-order valence-corrected chi connectivity index (χ3v) is 3.18. The molecule has 0 aromatic heterocycles. The number of amides is 2. The van der Waals surface area contributed by atoms with Crippen LogP contribution in [0.15, 0.2) is 24.3 Å². The first-order valence-corrected chi connectivity index (χ1v) is 6.69. The van der Waals surface area contributed by atoms with E-state index in [-0.39, 0.29) is 17.9 Å². The van der Waals surface area contributed by atoms with Gasteiger partial charge in [-0.1, -0.05) is 0 Å². The van der Waals surface area contributed by atoms with Crippen molar-refractivity contribution in [1.82, 2.24) is 4.90 Å². The molecule has 1 fully saturated rings. The molecule has 0 heterocycles. The summed E-state index contributed by atoms with van der Waals surface area (Å²) >= 11 is 0. The molecule has 1 aromatic rings. The number of nitrogens with zero attached hydrogens (tertiary/aromatic N) is 1. The molecule has 1 saturated carbocycles. The van der Waals surface area contributed by atoms with Crippen LogP contribution in [0, 0.1) is 0 Å². The first-order valence-electron chi connectivity index (χ1n) is 6.69. The van der Waals surface area contributed by atoms with Crippen LogP contribution in [0.5, 0.6) is 0 Å². The van der Waals surface area contributed by atoms with E-state index in [1.54, 1.807) is 24.3 Å². The number of rotatable bonds is 4. The lowest BCUT2D eigenvalue weighted by molar-refractivity contribution is -0.114. The fraction of sp³-hybridized carbons (Fsp3) is 0.467. The van der Waals surface area contributed by atoms with Crippen LogP contribution in [0.1, 0.15) is 44.0 Å². The van der Waals surface area contributed by atoms with Crippen LogP contribution in [0.3, 0.4) is 0 Å². The summed E-state index contributed by atoms with van der Waals surface area (Å²) in [6.45, 7) is 5.55. The summed E-state index contributed by atoms with van der Waals surface area (Å²) in [4.78, 5) is 25.3. The fourth-order valence-corrected chi connectivity index (χ4v) is 2.22. The van der Waals surface area contributed by atoms with E-state index < -0.39 is 0 Å². The molecule has 1 aliphatic carbocycles. The van der Waals surface area contributed by atoms with E-state index in [9.17, 15) is 9.59 Å². The predicted molar refractivity (Wildman–Crippen MR) is 75.1 cm³/mol. The van der Waals surface area contributed by atoms with Gasteiger partial charge in [-0.2, -0.15) is 0 Å². The van der Waals surface area contributed by atoms with E-state index in [0.29, 0.717) is 17.3 Å². The monoisotopic (exact) mass is 260 g/mol. The standard InChI is InChI=1S/C15H20N2O2/c1-10(2)17(14-8-9-14)15(19)12-4-6-13(7-5-12)16-11(3)18/h4-7,10,14H,8-9H2,1-3H3,(H,16,18). The molecule has 0 aliphatic heterocycles. The molecule has 1 aromatic carbocycles. The second-order valence-electron chi connectivity index (χ2n) is 5.30. The first kappa shape index (κ1) is 13.6. The number of hydrogen-bond acceptors (Lipinski definition) is 2. The maximum atomic E-state index is 12.4. The Morgan fingerprint density at radius 1 is 1.21 bits per heavy atom. The van der Waals surface area contributed by atoms with Crippen LogP contribution < -0.4 is 5.32 Å². The van der Waals surface area contributed by atoms with Crippen molar-refractivity contribution in [3.05, 3.63) is 29.8 Å². The maximum absolute atomic E-state index is 12.4. The number of carbonyl (C=O) groups excluding carboxylic acids is 2. The summed E-state index contributed by atoms with van der Waals surface area (Å²) in [6, 6.07) is 7.69.